The molecule has 0 saturated carbocycles. The molecule has 0 amide bonds. The molecule has 0 fully saturated rings. The molecule has 0 unspecified atom stereocenters. The summed E-state index contributed by atoms with van der Waals surface area (Å²) in [4.78, 5) is 11.5. The van der Waals surface area contributed by atoms with Crippen molar-refractivity contribution in [1.29, 1.82) is 0 Å². The van der Waals surface area contributed by atoms with Crippen molar-refractivity contribution in [1.82, 2.24) is 9.78 Å². The Hall–Kier alpha value is -2.30. The second-order valence-corrected chi connectivity index (χ2v) is 4.09. The Morgan fingerprint density at radius 2 is 2.00 bits per heavy atom. The maximum absolute atomic E-state index is 11.5. The van der Waals surface area contributed by atoms with Gasteiger partial charge in [0.2, 0.25) is 0 Å². The van der Waals surface area contributed by atoms with Crippen LogP contribution in [0.15, 0.2) is 30.3 Å². The largest absolute Gasteiger partial charge is 0.462 e. The standard InChI is InChI=1S/C14H17N3O2/c1-3-11-9-13(15)17(16-11)12-7-5-10(6-8-12)14(18)19-4-2/h5-9H,3-4,15H2,1-2H3. The molecule has 1 aromatic carbocycles. The van der Waals surface area contributed by atoms with Gasteiger partial charge >= 0.3 is 5.97 Å². The first-order valence-electron chi connectivity index (χ1n) is 6.27. The van der Waals surface area contributed by atoms with Crippen molar-refractivity contribution >= 4 is 11.8 Å². The van der Waals surface area contributed by atoms with Crippen molar-refractivity contribution in [2.45, 2.75) is 20.3 Å². The molecule has 0 saturated heterocycles. The quantitative estimate of drug-likeness (QED) is 0.854. The first-order valence-corrected chi connectivity index (χ1v) is 6.27. The van der Waals surface area contributed by atoms with E-state index in [4.69, 9.17) is 10.5 Å². The van der Waals surface area contributed by atoms with Crippen LogP contribution < -0.4 is 5.73 Å². The Kier molecular flexibility index (Phi) is 3.85. The fraction of sp³-hybridized carbons (Fsp3) is 0.286. The summed E-state index contributed by atoms with van der Waals surface area (Å²) in [5.41, 5.74) is 8.19. The predicted molar refractivity (Wildman–Crippen MR) is 73.3 cm³/mol. The molecule has 0 spiro atoms. The molecule has 5 heteroatoms. The highest BCUT2D eigenvalue weighted by Gasteiger charge is 2.09. The number of ether oxygens (including phenoxy) is 1. The zero-order chi connectivity index (χ0) is 13.8. The highest BCUT2D eigenvalue weighted by molar-refractivity contribution is 5.89. The number of nitrogens with zero attached hydrogens (tertiary/aromatic N) is 2. The molecule has 5 nitrogen and oxygen atoms in total. The van der Waals surface area contributed by atoms with Crippen molar-refractivity contribution in [2.24, 2.45) is 0 Å². The van der Waals surface area contributed by atoms with E-state index >= 15 is 0 Å². The molecule has 1 heterocycles. The van der Waals surface area contributed by atoms with Crippen molar-refractivity contribution in [3.05, 3.63) is 41.6 Å². The van der Waals surface area contributed by atoms with Crippen LogP contribution >= 0.6 is 0 Å². The van der Waals surface area contributed by atoms with Gasteiger partial charge in [-0.25, -0.2) is 9.48 Å². The summed E-state index contributed by atoms with van der Waals surface area (Å²) in [7, 11) is 0. The molecule has 0 radical (unpaired) electrons. The number of hydrogen-bond donors (Lipinski definition) is 1. The van der Waals surface area contributed by atoms with E-state index in [0.717, 1.165) is 17.8 Å². The van der Waals surface area contributed by atoms with E-state index in [1.807, 2.05) is 13.0 Å². The normalized spacial score (nSPS) is 10.4. The number of anilines is 1. The summed E-state index contributed by atoms with van der Waals surface area (Å²) >= 11 is 0. The molecule has 0 bridgehead atoms. The van der Waals surface area contributed by atoms with Crippen LogP contribution in [0.2, 0.25) is 0 Å². The fourth-order valence-electron chi connectivity index (χ4n) is 1.78. The van der Waals surface area contributed by atoms with Crippen LogP contribution in [0.4, 0.5) is 5.82 Å². The molecule has 100 valence electrons. The van der Waals surface area contributed by atoms with E-state index in [1.165, 1.54) is 0 Å². The lowest BCUT2D eigenvalue weighted by atomic mass is 10.2. The molecule has 2 N–H and O–H groups in total. The number of hydrogen-bond acceptors (Lipinski definition) is 4. The average molecular weight is 259 g/mol. The number of rotatable bonds is 4. The third-order valence-corrected chi connectivity index (χ3v) is 2.77. The number of nitrogens with two attached hydrogens (primary N) is 1. The van der Waals surface area contributed by atoms with Gasteiger partial charge in [-0.1, -0.05) is 6.92 Å². The maximum Gasteiger partial charge on any atom is 0.338 e. The number of carbonyl (C=O) groups is 1. The highest BCUT2D eigenvalue weighted by Crippen LogP contribution is 2.16. The Bertz CT molecular complexity index is 573. The SMILES string of the molecule is CCOC(=O)c1ccc(-n2nc(CC)cc2N)cc1. The van der Waals surface area contributed by atoms with Gasteiger partial charge in [0, 0.05) is 6.07 Å². The fourth-order valence-corrected chi connectivity index (χ4v) is 1.78. The summed E-state index contributed by atoms with van der Waals surface area (Å²) < 4.78 is 6.59. The van der Waals surface area contributed by atoms with Gasteiger partial charge in [0.15, 0.2) is 0 Å². The van der Waals surface area contributed by atoms with Crippen LogP contribution in [-0.2, 0) is 11.2 Å². The van der Waals surface area contributed by atoms with Crippen LogP contribution in [0, 0.1) is 0 Å². The first kappa shape index (κ1) is 13.1. The molecule has 2 aromatic rings. The van der Waals surface area contributed by atoms with Crippen LogP contribution in [0.5, 0.6) is 0 Å². The van der Waals surface area contributed by atoms with E-state index < -0.39 is 0 Å². The van der Waals surface area contributed by atoms with Gasteiger partial charge in [0.1, 0.15) is 5.82 Å². The zero-order valence-corrected chi connectivity index (χ0v) is 11.1. The van der Waals surface area contributed by atoms with Crippen LogP contribution in [0.25, 0.3) is 5.69 Å². The number of benzene rings is 1. The molecule has 0 atom stereocenters. The Labute approximate surface area is 112 Å². The van der Waals surface area contributed by atoms with Crippen molar-refractivity contribution < 1.29 is 9.53 Å². The van der Waals surface area contributed by atoms with E-state index in [1.54, 1.807) is 35.9 Å². The maximum atomic E-state index is 11.5. The summed E-state index contributed by atoms with van der Waals surface area (Å²) in [6, 6.07) is 8.86. The third-order valence-electron chi connectivity index (χ3n) is 2.77. The minimum Gasteiger partial charge on any atom is -0.462 e. The summed E-state index contributed by atoms with van der Waals surface area (Å²) in [6.07, 6.45) is 0.831. The second kappa shape index (κ2) is 5.56. The number of esters is 1. The van der Waals surface area contributed by atoms with Gasteiger partial charge in [0.25, 0.3) is 0 Å². The molecule has 0 aliphatic carbocycles. The number of carbonyl (C=O) groups excluding carboxylic acids is 1. The molecule has 0 aliphatic heterocycles. The van der Waals surface area contributed by atoms with E-state index in [-0.39, 0.29) is 5.97 Å². The molecule has 2 rings (SSSR count). The van der Waals surface area contributed by atoms with Crippen molar-refractivity contribution in [3.63, 3.8) is 0 Å². The molecular formula is C14H17N3O2. The van der Waals surface area contributed by atoms with Gasteiger partial charge in [-0.05, 0) is 37.6 Å². The minimum absolute atomic E-state index is 0.322. The monoisotopic (exact) mass is 259 g/mol. The van der Waals surface area contributed by atoms with E-state index in [0.29, 0.717) is 18.0 Å². The van der Waals surface area contributed by atoms with Gasteiger partial charge in [-0.15, -0.1) is 0 Å². The lowest BCUT2D eigenvalue weighted by molar-refractivity contribution is 0.0526. The van der Waals surface area contributed by atoms with Crippen molar-refractivity contribution in [2.75, 3.05) is 12.3 Å². The summed E-state index contributed by atoms with van der Waals surface area (Å²) in [6.45, 7) is 4.17. The predicted octanol–water partition coefficient (Wildman–Crippen LogP) is 2.19. The van der Waals surface area contributed by atoms with Gasteiger partial charge < -0.3 is 10.5 Å². The highest BCUT2D eigenvalue weighted by atomic mass is 16.5. The van der Waals surface area contributed by atoms with Gasteiger partial charge in [0.05, 0.1) is 23.6 Å². The average Bonchev–Trinajstić information content (AvgIpc) is 2.80. The molecule has 19 heavy (non-hydrogen) atoms. The molecule has 0 aliphatic rings. The lowest BCUT2D eigenvalue weighted by Crippen LogP contribution is -2.06. The second-order valence-electron chi connectivity index (χ2n) is 4.09. The van der Waals surface area contributed by atoms with Crippen LogP contribution in [-0.4, -0.2) is 22.4 Å². The number of nitrogen functional groups attached to an aromatic ring is 1. The Morgan fingerprint density at radius 1 is 1.32 bits per heavy atom. The minimum atomic E-state index is -0.322. The van der Waals surface area contributed by atoms with Crippen LogP contribution in [0.3, 0.4) is 0 Å². The Balaban J connectivity index is 2.27. The summed E-state index contributed by atoms with van der Waals surface area (Å²) in [5, 5.41) is 4.38. The van der Waals surface area contributed by atoms with E-state index in [2.05, 4.69) is 5.10 Å². The van der Waals surface area contributed by atoms with Gasteiger partial charge in [-0.3, -0.25) is 0 Å². The first-order chi connectivity index (χ1) is 9.15. The summed E-state index contributed by atoms with van der Waals surface area (Å²) in [5.74, 6) is 0.262. The smallest absolute Gasteiger partial charge is 0.338 e. The number of aromatic nitrogens is 2. The number of aryl methyl sites for hydroxylation is 1. The zero-order valence-electron chi connectivity index (χ0n) is 11.1. The Morgan fingerprint density at radius 3 is 2.53 bits per heavy atom. The lowest BCUT2D eigenvalue weighted by Gasteiger charge is -2.05. The van der Waals surface area contributed by atoms with Gasteiger partial charge in [-0.2, -0.15) is 5.10 Å². The topological polar surface area (TPSA) is 70.1 Å². The van der Waals surface area contributed by atoms with E-state index in [9.17, 15) is 4.79 Å². The molecule has 1 aromatic heterocycles. The third kappa shape index (κ3) is 2.76. The molecular weight excluding hydrogens is 242 g/mol. The van der Waals surface area contributed by atoms with Crippen molar-refractivity contribution in [3.8, 4) is 5.69 Å². The van der Waals surface area contributed by atoms with Crippen LogP contribution in [0.1, 0.15) is 29.9 Å².